The number of benzene rings is 2. The van der Waals surface area contributed by atoms with Crippen LogP contribution in [0.5, 0.6) is 11.5 Å². The van der Waals surface area contributed by atoms with Crippen LogP contribution in [-0.4, -0.2) is 24.9 Å². The molecule has 1 aliphatic carbocycles. The van der Waals surface area contributed by atoms with Gasteiger partial charge in [0.25, 0.3) is 0 Å². The summed E-state index contributed by atoms with van der Waals surface area (Å²) in [6, 6.07) is 14.0. The van der Waals surface area contributed by atoms with Gasteiger partial charge in [0.1, 0.15) is 0 Å². The van der Waals surface area contributed by atoms with Crippen molar-refractivity contribution in [3.05, 3.63) is 70.4 Å². The predicted molar refractivity (Wildman–Crippen MR) is 119 cm³/mol. The molecule has 1 N–H and O–H groups in total. The van der Waals surface area contributed by atoms with Gasteiger partial charge in [-0.25, -0.2) is 0 Å². The zero-order chi connectivity index (χ0) is 22.1. The van der Waals surface area contributed by atoms with Crippen molar-refractivity contribution in [2.75, 3.05) is 7.11 Å². The number of hydrogen-bond donors (Lipinski definition) is 1. The van der Waals surface area contributed by atoms with Crippen molar-refractivity contribution in [2.24, 2.45) is 0 Å². The molecule has 0 spiro atoms. The number of carbonyl (C=O) groups excluding carboxylic acids is 2. The summed E-state index contributed by atoms with van der Waals surface area (Å²) in [7, 11) is 1.60. The Labute approximate surface area is 183 Å². The molecule has 162 valence electrons. The average molecular weight is 420 g/mol. The van der Waals surface area contributed by atoms with Gasteiger partial charge in [-0.15, -0.1) is 0 Å². The summed E-state index contributed by atoms with van der Waals surface area (Å²) in [5, 5.41) is 3.00. The van der Waals surface area contributed by atoms with Crippen LogP contribution < -0.4 is 14.8 Å². The number of rotatable bonds is 5. The summed E-state index contributed by atoms with van der Waals surface area (Å²) < 4.78 is 11.6. The summed E-state index contributed by atoms with van der Waals surface area (Å²) >= 11 is 0. The first-order valence-electron chi connectivity index (χ1n) is 10.8. The lowest BCUT2D eigenvalue weighted by Gasteiger charge is -2.35. The van der Waals surface area contributed by atoms with Crippen LogP contribution in [0.4, 0.5) is 0 Å². The molecule has 0 radical (unpaired) electrons. The van der Waals surface area contributed by atoms with Gasteiger partial charge >= 0.3 is 0 Å². The van der Waals surface area contributed by atoms with Gasteiger partial charge in [0, 0.05) is 35.6 Å². The van der Waals surface area contributed by atoms with E-state index in [2.05, 4.69) is 29.6 Å². The minimum atomic E-state index is -0.334. The van der Waals surface area contributed by atoms with Crippen molar-refractivity contribution in [2.45, 2.75) is 58.0 Å². The fraction of sp³-hybridized carbons (Fsp3) is 0.385. The van der Waals surface area contributed by atoms with Gasteiger partial charge in [-0.1, -0.05) is 42.0 Å². The van der Waals surface area contributed by atoms with Crippen molar-refractivity contribution in [1.82, 2.24) is 5.32 Å². The van der Waals surface area contributed by atoms with Gasteiger partial charge < -0.3 is 14.8 Å². The molecule has 5 nitrogen and oxygen atoms in total. The molecule has 2 unspecified atom stereocenters. The maximum absolute atomic E-state index is 13.4. The third-order valence-electron chi connectivity index (χ3n) is 6.04. The van der Waals surface area contributed by atoms with Gasteiger partial charge in [-0.2, -0.15) is 0 Å². The molecule has 1 heterocycles. The fourth-order valence-corrected chi connectivity index (χ4v) is 4.63. The van der Waals surface area contributed by atoms with Crippen LogP contribution in [0.15, 0.2) is 53.7 Å². The maximum atomic E-state index is 13.4. The second-order valence-electron chi connectivity index (χ2n) is 8.68. The summed E-state index contributed by atoms with van der Waals surface area (Å²) in [6.45, 7) is 5.95. The van der Waals surface area contributed by atoms with Crippen LogP contribution in [0, 0.1) is 6.92 Å². The van der Waals surface area contributed by atoms with E-state index in [1.807, 2.05) is 39.0 Å². The lowest BCUT2D eigenvalue weighted by molar-refractivity contribution is -0.122. The lowest BCUT2D eigenvalue weighted by Crippen LogP contribution is -2.38. The molecule has 0 aromatic heterocycles. The van der Waals surface area contributed by atoms with Crippen LogP contribution >= 0.6 is 0 Å². The first kappa shape index (κ1) is 21.2. The second kappa shape index (κ2) is 8.58. The molecule has 0 fully saturated rings. The molecule has 2 aromatic rings. The third kappa shape index (κ3) is 4.22. The van der Waals surface area contributed by atoms with E-state index >= 15 is 0 Å². The van der Waals surface area contributed by atoms with E-state index in [4.69, 9.17) is 9.47 Å². The second-order valence-corrected chi connectivity index (χ2v) is 8.68. The Bertz CT molecular complexity index is 1040. The van der Waals surface area contributed by atoms with Gasteiger partial charge in [0.2, 0.25) is 5.91 Å². The van der Waals surface area contributed by atoms with Gasteiger partial charge in [-0.05, 0) is 44.7 Å². The molecule has 0 saturated carbocycles. The minimum absolute atomic E-state index is 0.0612. The molecule has 5 heteroatoms. The number of aryl methyl sites for hydroxylation is 1. The highest BCUT2D eigenvalue weighted by Crippen LogP contribution is 2.46. The number of hydrogen-bond acceptors (Lipinski definition) is 4. The summed E-state index contributed by atoms with van der Waals surface area (Å²) in [5.74, 6) is 0.983. The van der Waals surface area contributed by atoms with Gasteiger partial charge in [0.15, 0.2) is 17.3 Å². The summed E-state index contributed by atoms with van der Waals surface area (Å²) in [5.41, 5.74) is 4.61. The largest absolute Gasteiger partial charge is 0.493 e. The number of amides is 1. The van der Waals surface area contributed by atoms with E-state index in [1.165, 1.54) is 5.56 Å². The molecule has 0 saturated heterocycles. The molecule has 0 bridgehead atoms. The van der Waals surface area contributed by atoms with Crippen molar-refractivity contribution < 1.29 is 19.1 Å². The Morgan fingerprint density at radius 2 is 1.74 bits per heavy atom. The molecule has 2 aromatic carbocycles. The molecular weight excluding hydrogens is 390 g/mol. The van der Waals surface area contributed by atoms with E-state index in [1.54, 1.807) is 7.11 Å². The van der Waals surface area contributed by atoms with Crippen molar-refractivity contribution in [1.29, 1.82) is 0 Å². The van der Waals surface area contributed by atoms with Crippen LogP contribution in [-0.2, 0) is 9.59 Å². The average Bonchev–Trinajstić information content (AvgIpc) is 2.73. The maximum Gasteiger partial charge on any atom is 0.225 e. The van der Waals surface area contributed by atoms with Crippen molar-refractivity contribution in [3.63, 3.8) is 0 Å². The van der Waals surface area contributed by atoms with Crippen LogP contribution in [0.25, 0.3) is 0 Å². The van der Waals surface area contributed by atoms with Crippen LogP contribution in [0.1, 0.15) is 61.6 Å². The van der Waals surface area contributed by atoms with Crippen molar-refractivity contribution in [3.8, 4) is 11.5 Å². The smallest absolute Gasteiger partial charge is 0.225 e. The van der Waals surface area contributed by atoms with Gasteiger partial charge in [-0.3, -0.25) is 9.59 Å². The quantitative estimate of drug-likeness (QED) is 0.756. The zero-order valence-electron chi connectivity index (χ0n) is 18.5. The van der Waals surface area contributed by atoms with E-state index < -0.39 is 0 Å². The Hall–Kier alpha value is -3.08. The SMILES string of the molecule is COc1cccc(C2CC(=O)NC3=C2C(=O)CC(c2ccc(C)cc2)C3)c1OC(C)C. The monoisotopic (exact) mass is 419 g/mol. The van der Waals surface area contributed by atoms with E-state index in [9.17, 15) is 9.59 Å². The number of ketones is 1. The predicted octanol–water partition coefficient (Wildman–Crippen LogP) is 4.80. The fourth-order valence-electron chi connectivity index (χ4n) is 4.63. The molecule has 2 atom stereocenters. The summed E-state index contributed by atoms with van der Waals surface area (Å²) in [6.07, 6.45) is 1.25. The molecule has 31 heavy (non-hydrogen) atoms. The highest BCUT2D eigenvalue weighted by Gasteiger charge is 2.39. The highest BCUT2D eigenvalue weighted by molar-refractivity contribution is 6.02. The number of nitrogens with one attached hydrogen (secondary N) is 1. The normalized spacial score (nSPS) is 21.1. The van der Waals surface area contributed by atoms with E-state index in [0.29, 0.717) is 29.9 Å². The number of Topliss-reactive ketones (excluding diaryl/α,β-unsaturated/α-hetero) is 1. The van der Waals surface area contributed by atoms with Crippen LogP contribution in [0.3, 0.4) is 0 Å². The standard InChI is InChI=1S/C26H29NO4/c1-15(2)31-26-19(6-5-7-23(26)30-4)20-14-24(29)27-21-12-18(13-22(28)25(20)21)17-10-8-16(3)9-11-17/h5-11,15,18,20H,12-14H2,1-4H3,(H,27,29). The number of methoxy groups -OCH3 is 1. The number of ether oxygens (including phenoxy) is 2. The molecule has 4 rings (SSSR count). The molecule has 2 aliphatic rings. The number of allylic oxidation sites excluding steroid dienone is 2. The number of para-hydroxylation sites is 1. The molecule has 1 aliphatic heterocycles. The van der Waals surface area contributed by atoms with E-state index in [0.717, 1.165) is 16.8 Å². The Morgan fingerprint density at radius 1 is 1.00 bits per heavy atom. The Morgan fingerprint density at radius 3 is 2.42 bits per heavy atom. The first-order chi connectivity index (χ1) is 14.9. The topological polar surface area (TPSA) is 64.6 Å². The molecular formula is C26H29NO4. The Kier molecular flexibility index (Phi) is 5.86. The van der Waals surface area contributed by atoms with E-state index in [-0.39, 0.29) is 36.1 Å². The number of carbonyl (C=O) groups is 2. The van der Waals surface area contributed by atoms with Crippen molar-refractivity contribution >= 4 is 11.7 Å². The molecule has 1 amide bonds. The Balaban J connectivity index is 1.76. The highest BCUT2D eigenvalue weighted by atomic mass is 16.5. The van der Waals surface area contributed by atoms with Crippen LogP contribution in [0.2, 0.25) is 0 Å². The lowest BCUT2D eigenvalue weighted by atomic mass is 9.73. The minimum Gasteiger partial charge on any atom is -0.493 e. The third-order valence-corrected chi connectivity index (χ3v) is 6.04. The summed E-state index contributed by atoms with van der Waals surface area (Å²) in [4.78, 5) is 26.0. The zero-order valence-corrected chi connectivity index (χ0v) is 18.5. The van der Waals surface area contributed by atoms with Gasteiger partial charge in [0.05, 0.1) is 13.2 Å². The first-order valence-corrected chi connectivity index (χ1v) is 10.8.